The van der Waals surface area contributed by atoms with Crippen LogP contribution in [0, 0.1) is 5.92 Å². The van der Waals surface area contributed by atoms with Crippen LogP contribution in [0.4, 0.5) is 5.69 Å². The van der Waals surface area contributed by atoms with Crippen molar-refractivity contribution in [2.45, 2.75) is 12.5 Å². The number of aliphatic imine (C=N–C) groups is 1. The molecule has 1 aliphatic rings. The molecule has 1 aliphatic heterocycles. The zero-order valence-corrected chi connectivity index (χ0v) is 15.9. The number of anilines is 1. The third-order valence-electron chi connectivity index (χ3n) is 4.28. The number of carboxylic acid groups (broad SMARTS) is 1. The number of nitrogens with one attached hydrogen (secondary N) is 1. The number of aliphatic carboxylic acids is 1. The molecule has 0 aliphatic carbocycles. The summed E-state index contributed by atoms with van der Waals surface area (Å²) >= 11 is 5.10. The van der Waals surface area contributed by atoms with E-state index in [9.17, 15) is 24.6 Å². The van der Waals surface area contributed by atoms with Crippen molar-refractivity contribution >= 4 is 47.0 Å². The molecular weight excluding hydrogens is 394 g/mol. The maximum atomic E-state index is 12.8. The van der Waals surface area contributed by atoms with E-state index in [0.29, 0.717) is 11.3 Å². The summed E-state index contributed by atoms with van der Waals surface area (Å²) in [5, 5.41) is 21.2. The Hall–Kier alpha value is -3.59. The maximum Gasteiger partial charge on any atom is 0.328 e. The van der Waals surface area contributed by atoms with Gasteiger partial charge in [0, 0.05) is 12.6 Å². The van der Waals surface area contributed by atoms with Gasteiger partial charge in [0.15, 0.2) is 17.1 Å². The highest BCUT2D eigenvalue weighted by Gasteiger charge is 2.38. The quantitative estimate of drug-likeness (QED) is 0.377. The molecule has 8 nitrogen and oxygen atoms in total. The molecule has 2 atom stereocenters. The molecule has 9 heteroatoms. The molecule has 0 spiro atoms. The fraction of sp³-hybridized carbons (Fsp3) is 0.150. The zero-order chi connectivity index (χ0) is 21.0. The van der Waals surface area contributed by atoms with Gasteiger partial charge in [0.05, 0.1) is 5.69 Å². The third-order valence-corrected chi connectivity index (χ3v) is 4.57. The van der Waals surface area contributed by atoms with E-state index >= 15 is 0 Å². The van der Waals surface area contributed by atoms with Crippen LogP contribution < -0.4 is 10.2 Å². The van der Waals surface area contributed by atoms with Gasteiger partial charge in [0.2, 0.25) is 5.91 Å². The minimum absolute atomic E-state index is 0.0372. The average Bonchev–Trinajstić information content (AvgIpc) is 2.68. The molecule has 1 fully saturated rings. The van der Waals surface area contributed by atoms with Gasteiger partial charge in [-0.3, -0.25) is 19.5 Å². The van der Waals surface area contributed by atoms with Crippen molar-refractivity contribution in [3.05, 3.63) is 60.2 Å². The van der Waals surface area contributed by atoms with Crippen LogP contribution >= 0.6 is 12.2 Å². The number of carbonyl (C=O) groups is 3. The van der Waals surface area contributed by atoms with Gasteiger partial charge >= 0.3 is 5.97 Å². The molecule has 0 radical (unpaired) electrons. The van der Waals surface area contributed by atoms with E-state index in [1.165, 1.54) is 17.0 Å². The number of hydrogen-bond donors (Lipinski definition) is 3. The molecule has 148 valence electrons. The van der Waals surface area contributed by atoms with E-state index in [2.05, 4.69) is 10.3 Å². The van der Waals surface area contributed by atoms with Crippen LogP contribution in [0.25, 0.3) is 0 Å². The largest absolute Gasteiger partial charge is 0.508 e. The Kier molecular flexibility index (Phi) is 5.99. The number of nitrogens with zero attached hydrogens (tertiary/aromatic N) is 2. The molecule has 2 aromatic rings. The zero-order valence-electron chi connectivity index (χ0n) is 15.1. The Balaban J connectivity index is 1.81. The van der Waals surface area contributed by atoms with Crippen molar-refractivity contribution in [2.75, 3.05) is 4.90 Å². The number of amides is 2. The number of rotatable bonds is 6. The van der Waals surface area contributed by atoms with E-state index < -0.39 is 29.7 Å². The van der Waals surface area contributed by atoms with E-state index in [0.717, 1.165) is 6.21 Å². The lowest BCUT2D eigenvalue weighted by Crippen LogP contribution is -2.58. The lowest BCUT2D eigenvalue weighted by Gasteiger charge is -2.31. The molecule has 3 rings (SSSR count). The number of para-hydroxylation sites is 1. The van der Waals surface area contributed by atoms with E-state index in [-0.39, 0.29) is 17.3 Å². The highest BCUT2D eigenvalue weighted by atomic mass is 32.1. The molecule has 0 unspecified atom stereocenters. The van der Waals surface area contributed by atoms with Crippen LogP contribution in [-0.4, -0.2) is 45.4 Å². The normalized spacial score (nSPS) is 18.0. The summed E-state index contributed by atoms with van der Waals surface area (Å²) in [6.45, 7) is 0. The predicted molar refractivity (Wildman–Crippen MR) is 110 cm³/mol. The van der Waals surface area contributed by atoms with Crippen LogP contribution in [-0.2, 0) is 20.8 Å². The highest BCUT2D eigenvalue weighted by molar-refractivity contribution is 7.80. The van der Waals surface area contributed by atoms with Gasteiger partial charge in [0.1, 0.15) is 5.75 Å². The molecule has 1 saturated heterocycles. The molecule has 2 amide bonds. The topological polar surface area (TPSA) is 119 Å². The van der Waals surface area contributed by atoms with Gasteiger partial charge in [0.25, 0.3) is 5.91 Å². The highest BCUT2D eigenvalue weighted by Crippen LogP contribution is 2.20. The standard InChI is InChI=1S/C20H17N3O5S/c24-14-8-6-12(7-9-14)10-16(19(27)28)21-11-15-17(25)22-20(29)23(18(15)26)13-4-2-1-3-5-13/h1-9,11,15-16,24H,10H2,(H,27,28)(H,22,25,29)/t15-,16-/m1/s1. The lowest BCUT2D eigenvalue weighted by atomic mass is 10.0. The molecule has 0 saturated carbocycles. The van der Waals surface area contributed by atoms with Gasteiger partial charge in [-0.1, -0.05) is 30.3 Å². The number of phenolic OH excluding ortho intramolecular Hbond substituents is 1. The summed E-state index contributed by atoms with van der Waals surface area (Å²) in [4.78, 5) is 41.8. The van der Waals surface area contributed by atoms with Crippen LogP contribution in [0.5, 0.6) is 5.75 Å². The third kappa shape index (κ3) is 4.64. The molecule has 29 heavy (non-hydrogen) atoms. The second-order valence-corrected chi connectivity index (χ2v) is 6.69. The summed E-state index contributed by atoms with van der Waals surface area (Å²) in [5.41, 5.74) is 1.12. The van der Waals surface area contributed by atoms with Crippen LogP contribution in [0.15, 0.2) is 59.6 Å². The first-order valence-corrected chi connectivity index (χ1v) is 9.05. The van der Waals surface area contributed by atoms with Crippen LogP contribution in [0.2, 0.25) is 0 Å². The summed E-state index contributed by atoms with van der Waals surface area (Å²) in [6, 6.07) is 13.4. The van der Waals surface area contributed by atoms with Crippen molar-refractivity contribution < 1.29 is 24.6 Å². The van der Waals surface area contributed by atoms with E-state index in [1.54, 1.807) is 42.5 Å². The lowest BCUT2D eigenvalue weighted by molar-refractivity contribution is -0.138. The number of carbonyl (C=O) groups excluding carboxylic acids is 2. The Labute approximate surface area is 171 Å². The Morgan fingerprint density at radius 3 is 2.45 bits per heavy atom. The summed E-state index contributed by atoms with van der Waals surface area (Å²) in [6.07, 6.45) is 1.09. The van der Waals surface area contributed by atoms with Crippen molar-refractivity contribution in [1.29, 1.82) is 0 Å². The second-order valence-electron chi connectivity index (χ2n) is 6.30. The maximum absolute atomic E-state index is 12.8. The van der Waals surface area contributed by atoms with Crippen molar-refractivity contribution in [3.8, 4) is 5.75 Å². The van der Waals surface area contributed by atoms with E-state index in [4.69, 9.17) is 12.2 Å². The number of benzene rings is 2. The molecule has 2 aromatic carbocycles. The Bertz CT molecular complexity index is 975. The monoisotopic (exact) mass is 411 g/mol. The Morgan fingerprint density at radius 1 is 1.17 bits per heavy atom. The summed E-state index contributed by atoms with van der Waals surface area (Å²) in [5.74, 6) is -3.71. The number of phenols is 1. The van der Waals surface area contributed by atoms with Gasteiger partial charge in [-0.05, 0) is 42.0 Å². The average molecular weight is 411 g/mol. The van der Waals surface area contributed by atoms with Crippen LogP contribution in [0.3, 0.4) is 0 Å². The Morgan fingerprint density at radius 2 is 1.83 bits per heavy atom. The molecule has 0 bridgehead atoms. The number of carboxylic acids is 1. The van der Waals surface area contributed by atoms with Gasteiger partial charge in [-0.25, -0.2) is 4.79 Å². The van der Waals surface area contributed by atoms with Gasteiger partial charge in [-0.15, -0.1) is 0 Å². The minimum Gasteiger partial charge on any atom is -0.508 e. The van der Waals surface area contributed by atoms with Crippen LogP contribution in [0.1, 0.15) is 5.56 Å². The fourth-order valence-corrected chi connectivity index (χ4v) is 3.09. The van der Waals surface area contributed by atoms with Gasteiger partial charge < -0.3 is 15.5 Å². The smallest absolute Gasteiger partial charge is 0.328 e. The first-order valence-electron chi connectivity index (χ1n) is 8.64. The number of hydrogen-bond acceptors (Lipinski definition) is 6. The van der Waals surface area contributed by atoms with Crippen molar-refractivity contribution in [3.63, 3.8) is 0 Å². The fourth-order valence-electron chi connectivity index (χ4n) is 2.79. The summed E-state index contributed by atoms with van der Waals surface area (Å²) < 4.78 is 0. The van der Waals surface area contributed by atoms with Crippen molar-refractivity contribution in [2.24, 2.45) is 10.9 Å². The molecule has 3 N–H and O–H groups in total. The minimum atomic E-state index is -1.30. The predicted octanol–water partition coefficient (Wildman–Crippen LogP) is 1.52. The number of thiocarbonyl (C=S) groups is 1. The van der Waals surface area contributed by atoms with E-state index in [1.807, 2.05) is 0 Å². The molecule has 0 aromatic heterocycles. The molecular formula is C20H17N3O5S. The SMILES string of the molecule is O=C1NC(=S)N(c2ccccc2)C(=O)[C@@H]1C=N[C@H](Cc1ccc(O)cc1)C(=O)O. The van der Waals surface area contributed by atoms with Gasteiger partial charge in [-0.2, -0.15) is 0 Å². The first-order chi connectivity index (χ1) is 13.9. The second kappa shape index (κ2) is 8.61. The number of aromatic hydroxyl groups is 1. The summed E-state index contributed by atoms with van der Waals surface area (Å²) in [7, 11) is 0. The molecule has 1 heterocycles. The van der Waals surface area contributed by atoms with Crippen molar-refractivity contribution in [1.82, 2.24) is 5.32 Å². The first kappa shape index (κ1) is 20.2.